The van der Waals surface area contributed by atoms with Crippen molar-refractivity contribution in [2.45, 2.75) is 12.3 Å². The number of likely N-dealkylation sites (N-methyl/N-ethyl adjacent to an activating group) is 1. The summed E-state index contributed by atoms with van der Waals surface area (Å²) in [5.74, 6) is 6.35. The van der Waals surface area contributed by atoms with Crippen molar-refractivity contribution in [3.05, 3.63) is 36.3 Å². The van der Waals surface area contributed by atoms with Crippen LogP contribution in [0.25, 0.3) is 0 Å². The number of rotatable bonds is 10. The molecule has 0 saturated heterocycles. The number of furan rings is 1. The van der Waals surface area contributed by atoms with E-state index in [2.05, 4.69) is 33.0 Å². The molecule has 6 nitrogen and oxygen atoms in total. The topological polar surface area (TPSA) is 76.6 Å². The number of hydrogen-bond donors (Lipinski definition) is 2. The van der Waals surface area contributed by atoms with Crippen molar-refractivity contribution >= 4 is 17.7 Å². The zero-order valence-corrected chi connectivity index (χ0v) is 14.7. The third-order valence-corrected chi connectivity index (χ3v) is 3.83. The molecule has 0 unspecified atom stereocenters. The summed E-state index contributed by atoms with van der Waals surface area (Å²) in [6.07, 6.45) is 8.86. The van der Waals surface area contributed by atoms with Crippen LogP contribution in [0.1, 0.15) is 11.5 Å². The second-order valence-electron chi connectivity index (χ2n) is 4.93. The van der Waals surface area contributed by atoms with Gasteiger partial charge in [-0.05, 0) is 19.2 Å². The van der Waals surface area contributed by atoms with Gasteiger partial charge in [-0.3, -0.25) is 15.2 Å². The molecule has 0 atom stereocenters. The summed E-state index contributed by atoms with van der Waals surface area (Å²) in [7, 11) is 2.03. The third kappa shape index (κ3) is 8.33. The van der Waals surface area contributed by atoms with Gasteiger partial charge in [0.25, 0.3) is 0 Å². The van der Waals surface area contributed by atoms with Crippen molar-refractivity contribution in [3.63, 3.8) is 0 Å². The molecule has 128 valence electrons. The number of guanidine groups is 1. The van der Waals surface area contributed by atoms with Gasteiger partial charge in [0.15, 0.2) is 6.19 Å². The second-order valence-corrected chi connectivity index (χ2v) is 6.04. The number of thioether (sulfide) groups is 1. The molecule has 0 radical (unpaired) electrons. The van der Waals surface area contributed by atoms with Gasteiger partial charge in [-0.2, -0.15) is 17.0 Å². The Balaban J connectivity index is 2.30. The standard InChI is InChI=1S/C17H23N5OS/c1-4-8-19-17(21-14-18)20-9-11-24-13-16-7-6-15(23-16)12-22(3)10-5-2/h1,5-7H,2,8-13H2,3H3,(H2,19,20,21). The fourth-order valence-corrected chi connectivity index (χ4v) is 2.58. The third-order valence-electron chi connectivity index (χ3n) is 2.87. The molecule has 1 heterocycles. The number of nitrogens with one attached hydrogen (secondary N) is 2. The first kappa shape index (κ1) is 19.7. The van der Waals surface area contributed by atoms with E-state index in [0.29, 0.717) is 19.0 Å². The van der Waals surface area contributed by atoms with Crippen molar-refractivity contribution < 1.29 is 4.42 Å². The quantitative estimate of drug-likeness (QED) is 0.128. The minimum Gasteiger partial charge on any atom is -0.464 e. The van der Waals surface area contributed by atoms with E-state index in [9.17, 15) is 0 Å². The van der Waals surface area contributed by atoms with Gasteiger partial charge in [0, 0.05) is 12.3 Å². The minimum atomic E-state index is 0.329. The average molecular weight is 345 g/mol. The fourth-order valence-electron chi connectivity index (χ4n) is 1.86. The summed E-state index contributed by atoms with van der Waals surface area (Å²) in [6.45, 7) is 6.24. The second kappa shape index (κ2) is 12.1. The Morgan fingerprint density at radius 2 is 2.33 bits per heavy atom. The first-order valence-corrected chi connectivity index (χ1v) is 8.66. The van der Waals surface area contributed by atoms with Crippen molar-refractivity contribution in [2.24, 2.45) is 4.99 Å². The number of terminal acetylenes is 1. The van der Waals surface area contributed by atoms with E-state index < -0.39 is 0 Å². The maximum absolute atomic E-state index is 8.63. The van der Waals surface area contributed by atoms with Crippen molar-refractivity contribution in [1.82, 2.24) is 15.5 Å². The fraction of sp³-hybridized carbons (Fsp3) is 0.412. The van der Waals surface area contributed by atoms with Crippen molar-refractivity contribution in [3.8, 4) is 18.5 Å². The molecule has 0 aliphatic heterocycles. The summed E-state index contributed by atoms with van der Waals surface area (Å²) >= 11 is 1.72. The lowest BCUT2D eigenvalue weighted by molar-refractivity contribution is 0.318. The summed E-state index contributed by atoms with van der Waals surface area (Å²) < 4.78 is 5.80. The van der Waals surface area contributed by atoms with E-state index in [1.807, 2.05) is 31.4 Å². The summed E-state index contributed by atoms with van der Waals surface area (Å²) in [5, 5.41) is 13.9. The minimum absolute atomic E-state index is 0.329. The highest BCUT2D eigenvalue weighted by Crippen LogP contribution is 2.16. The van der Waals surface area contributed by atoms with Crippen LogP contribution in [0, 0.1) is 23.8 Å². The molecular formula is C17H23N5OS. The first-order valence-electron chi connectivity index (χ1n) is 7.51. The van der Waals surface area contributed by atoms with Gasteiger partial charge in [0.1, 0.15) is 11.5 Å². The molecule has 24 heavy (non-hydrogen) atoms. The van der Waals surface area contributed by atoms with E-state index in [1.54, 1.807) is 11.8 Å². The molecule has 2 N–H and O–H groups in total. The lowest BCUT2D eigenvalue weighted by atomic mass is 10.4. The van der Waals surface area contributed by atoms with Crippen LogP contribution in [0.3, 0.4) is 0 Å². The molecule has 0 bridgehead atoms. The SMILES string of the molecule is C#CCNC(=NCCSCc1ccc(CN(C)CC=C)o1)NC#N. The molecule has 0 saturated carbocycles. The van der Waals surface area contributed by atoms with Gasteiger partial charge in [0.2, 0.25) is 5.96 Å². The number of nitriles is 1. The Bertz CT molecular complexity index is 611. The van der Waals surface area contributed by atoms with Gasteiger partial charge in [0.05, 0.1) is 25.4 Å². The lowest BCUT2D eigenvalue weighted by Crippen LogP contribution is -2.34. The van der Waals surface area contributed by atoms with Crippen LogP contribution in [-0.2, 0) is 12.3 Å². The number of aliphatic imine (C=N–C) groups is 1. The summed E-state index contributed by atoms with van der Waals surface area (Å²) in [4.78, 5) is 6.39. The van der Waals surface area contributed by atoms with E-state index in [1.165, 1.54) is 0 Å². The molecule has 1 rings (SSSR count). The van der Waals surface area contributed by atoms with Crippen LogP contribution < -0.4 is 10.6 Å². The van der Waals surface area contributed by atoms with E-state index in [-0.39, 0.29) is 0 Å². The van der Waals surface area contributed by atoms with Gasteiger partial charge >= 0.3 is 0 Å². The van der Waals surface area contributed by atoms with Crippen molar-refractivity contribution in [1.29, 1.82) is 5.26 Å². The van der Waals surface area contributed by atoms with E-state index in [4.69, 9.17) is 16.1 Å². The number of nitrogens with zero attached hydrogens (tertiary/aromatic N) is 3. The first-order chi connectivity index (χ1) is 11.7. The zero-order valence-electron chi connectivity index (χ0n) is 13.9. The van der Waals surface area contributed by atoms with Crippen molar-refractivity contribution in [2.75, 3.05) is 32.4 Å². The Morgan fingerprint density at radius 3 is 3.04 bits per heavy atom. The van der Waals surface area contributed by atoms with Gasteiger partial charge in [-0.1, -0.05) is 12.0 Å². The predicted octanol–water partition coefficient (Wildman–Crippen LogP) is 1.78. The largest absolute Gasteiger partial charge is 0.464 e. The van der Waals surface area contributed by atoms with Crippen LogP contribution >= 0.6 is 11.8 Å². The van der Waals surface area contributed by atoms with Crippen LogP contribution in [0.4, 0.5) is 0 Å². The highest BCUT2D eigenvalue weighted by molar-refractivity contribution is 7.98. The zero-order chi connectivity index (χ0) is 17.6. The lowest BCUT2D eigenvalue weighted by Gasteiger charge is -2.11. The Kier molecular flexibility index (Phi) is 9.95. The highest BCUT2D eigenvalue weighted by atomic mass is 32.2. The van der Waals surface area contributed by atoms with Gasteiger partial charge in [-0.25, -0.2) is 0 Å². The molecule has 0 amide bonds. The molecule has 7 heteroatoms. The molecule has 0 aliphatic rings. The molecule has 1 aromatic rings. The molecule has 1 aromatic heterocycles. The smallest absolute Gasteiger partial charge is 0.205 e. The predicted molar refractivity (Wildman–Crippen MR) is 99.3 cm³/mol. The summed E-state index contributed by atoms with van der Waals surface area (Å²) in [6, 6.07) is 4.01. The molecule has 0 spiro atoms. The average Bonchev–Trinajstić information content (AvgIpc) is 2.99. The Hall–Kier alpha value is -2.35. The van der Waals surface area contributed by atoms with Crippen LogP contribution in [0.5, 0.6) is 0 Å². The van der Waals surface area contributed by atoms with Crippen LogP contribution in [0.2, 0.25) is 0 Å². The normalized spacial score (nSPS) is 10.9. The molecular weight excluding hydrogens is 322 g/mol. The maximum Gasteiger partial charge on any atom is 0.205 e. The maximum atomic E-state index is 8.63. The van der Waals surface area contributed by atoms with Gasteiger partial charge in [-0.15, -0.1) is 13.0 Å². The highest BCUT2D eigenvalue weighted by Gasteiger charge is 2.05. The molecule has 0 fully saturated rings. The number of hydrogen-bond acceptors (Lipinski definition) is 5. The Labute approximate surface area is 148 Å². The van der Waals surface area contributed by atoms with Crippen LogP contribution in [0.15, 0.2) is 34.2 Å². The molecule has 0 aliphatic carbocycles. The summed E-state index contributed by atoms with van der Waals surface area (Å²) in [5.41, 5.74) is 0. The van der Waals surface area contributed by atoms with Crippen LogP contribution in [-0.4, -0.2) is 43.3 Å². The monoisotopic (exact) mass is 345 g/mol. The van der Waals surface area contributed by atoms with E-state index >= 15 is 0 Å². The van der Waals surface area contributed by atoms with E-state index in [0.717, 1.165) is 36.1 Å². The van der Waals surface area contributed by atoms with Gasteiger partial charge < -0.3 is 9.73 Å². The Morgan fingerprint density at radius 1 is 1.54 bits per heavy atom. The molecule has 0 aromatic carbocycles.